The molecular weight excluding hydrogens is 430 g/mol. The number of nitrogens with one attached hydrogen (secondary N) is 1. The summed E-state index contributed by atoms with van der Waals surface area (Å²) in [6.07, 6.45) is -1.35. The molecule has 3 aromatic rings. The number of thiazole rings is 1. The lowest BCUT2D eigenvalue weighted by Crippen LogP contribution is -2.33. The minimum atomic E-state index is -1.05. The highest BCUT2D eigenvalue weighted by atomic mass is 32.1. The number of carbonyl (C=O) groups is 2. The van der Waals surface area contributed by atoms with E-state index in [1.54, 1.807) is 17.0 Å². The minimum absolute atomic E-state index is 0.0887. The fourth-order valence-electron chi connectivity index (χ4n) is 3.63. The van der Waals surface area contributed by atoms with Crippen molar-refractivity contribution in [2.24, 2.45) is 0 Å². The first-order valence-corrected chi connectivity index (χ1v) is 10.9. The first-order valence-electron chi connectivity index (χ1n) is 10.1. The quantitative estimate of drug-likeness (QED) is 0.504. The van der Waals surface area contributed by atoms with E-state index in [-0.39, 0.29) is 24.6 Å². The van der Waals surface area contributed by atoms with Gasteiger partial charge in [-0.1, -0.05) is 36.4 Å². The molecule has 1 fully saturated rings. The van der Waals surface area contributed by atoms with Crippen molar-refractivity contribution in [3.63, 3.8) is 0 Å². The Morgan fingerprint density at radius 2 is 1.97 bits per heavy atom. The first kappa shape index (κ1) is 21.9. The number of aromatic carboxylic acids is 1. The number of nitrogens with zero attached hydrogens (tertiary/aromatic N) is 2. The van der Waals surface area contributed by atoms with Crippen LogP contribution in [0.15, 0.2) is 54.6 Å². The molecule has 1 amide bonds. The first-order chi connectivity index (χ1) is 15.4. The van der Waals surface area contributed by atoms with Crippen LogP contribution >= 0.6 is 11.3 Å². The van der Waals surface area contributed by atoms with Gasteiger partial charge in [0.2, 0.25) is 5.91 Å². The van der Waals surface area contributed by atoms with Crippen molar-refractivity contribution < 1.29 is 24.5 Å². The lowest BCUT2D eigenvalue weighted by Gasteiger charge is -2.17. The zero-order valence-corrected chi connectivity index (χ0v) is 18.2. The number of benzene rings is 2. The number of aryl methyl sites for hydroxylation is 1. The summed E-state index contributed by atoms with van der Waals surface area (Å²) in [6.45, 7) is 2.68. The van der Waals surface area contributed by atoms with E-state index in [1.165, 1.54) is 23.5 Å². The van der Waals surface area contributed by atoms with Gasteiger partial charge in [-0.25, -0.2) is 9.78 Å². The van der Waals surface area contributed by atoms with Crippen molar-refractivity contribution in [2.75, 3.05) is 25.0 Å². The van der Waals surface area contributed by atoms with Crippen molar-refractivity contribution in [3.8, 4) is 17.0 Å². The van der Waals surface area contributed by atoms with E-state index in [9.17, 15) is 14.7 Å². The maximum absolute atomic E-state index is 12.5. The molecule has 0 spiro atoms. The lowest BCUT2D eigenvalue weighted by atomic mass is 10.1. The number of carboxylic acids is 1. The number of rotatable bonds is 7. The van der Waals surface area contributed by atoms with Crippen LogP contribution in [-0.4, -0.2) is 63.8 Å². The summed E-state index contributed by atoms with van der Waals surface area (Å²) in [7, 11) is 0. The Kier molecular flexibility index (Phi) is 6.50. The molecule has 1 aliphatic heterocycles. The van der Waals surface area contributed by atoms with Gasteiger partial charge < -0.3 is 20.3 Å². The molecule has 1 saturated heterocycles. The highest BCUT2D eigenvalue weighted by Crippen LogP contribution is 2.30. The number of likely N-dealkylation sites (tertiary alicyclic amines) is 1. The Balaban J connectivity index is 1.34. The molecule has 0 radical (unpaired) electrons. The second-order valence-corrected chi connectivity index (χ2v) is 8.79. The standard InChI is InChI=1S/C23H23N3O5S/c1-14-21(15-6-3-2-4-7-15)25-23(32-14)24-20(28)13-26-11-18(27)19(12-26)31-17-9-5-8-16(10-17)22(29)30/h2-10,18-19,27H,11-13H2,1H3,(H,29,30)(H,24,25,28)/t18-,19-/m1/s1. The van der Waals surface area contributed by atoms with Crippen LogP contribution in [0.3, 0.4) is 0 Å². The second-order valence-electron chi connectivity index (χ2n) is 7.59. The average molecular weight is 454 g/mol. The fraction of sp³-hybridized carbons (Fsp3) is 0.261. The maximum Gasteiger partial charge on any atom is 0.335 e. The lowest BCUT2D eigenvalue weighted by molar-refractivity contribution is -0.117. The number of hydrogen-bond donors (Lipinski definition) is 3. The number of carbonyl (C=O) groups excluding carboxylic acids is 1. The van der Waals surface area contributed by atoms with Crippen LogP contribution in [0.25, 0.3) is 11.3 Å². The largest absolute Gasteiger partial charge is 0.486 e. The fourth-order valence-corrected chi connectivity index (χ4v) is 4.48. The number of anilines is 1. The summed E-state index contributed by atoms with van der Waals surface area (Å²) in [5.41, 5.74) is 1.95. The highest BCUT2D eigenvalue weighted by Gasteiger charge is 2.34. The van der Waals surface area contributed by atoms with Gasteiger partial charge in [-0.2, -0.15) is 0 Å². The van der Waals surface area contributed by atoms with E-state index >= 15 is 0 Å². The average Bonchev–Trinajstić information content (AvgIpc) is 3.30. The van der Waals surface area contributed by atoms with E-state index in [4.69, 9.17) is 9.84 Å². The van der Waals surface area contributed by atoms with Gasteiger partial charge >= 0.3 is 5.97 Å². The molecule has 1 aromatic heterocycles. The Hall–Kier alpha value is -3.27. The van der Waals surface area contributed by atoms with Crippen molar-refractivity contribution in [3.05, 3.63) is 65.0 Å². The van der Waals surface area contributed by atoms with Gasteiger partial charge in [0.15, 0.2) is 5.13 Å². The van der Waals surface area contributed by atoms with Crippen LogP contribution in [-0.2, 0) is 4.79 Å². The summed E-state index contributed by atoms with van der Waals surface area (Å²) in [6, 6.07) is 15.9. The summed E-state index contributed by atoms with van der Waals surface area (Å²) in [5, 5.41) is 22.8. The molecule has 2 atom stereocenters. The van der Waals surface area contributed by atoms with Crippen LogP contribution in [0.4, 0.5) is 5.13 Å². The zero-order chi connectivity index (χ0) is 22.7. The monoisotopic (exact) mass is 453 g/mol. The van der Waals surface area contributed by atoms with Crippen LogP contribution < -0.4 is 10.1 Å². The van der Waals surface area contributed by atoms with Crippen molar-refractivity contribution in [2.45, 2.75) is 19.1 Å². The number of amides is 1. The molecule has 2 aromatic carbocycles. The summed E-state index contributed by atoms with van der Waals surface area (Å²) in [5.74, 6) is -0.903. The highest BCUT2D eigenvalue weighted by molar-refractivity contribution is 7.16. The topological polar surface area (TPSA) is 112 Å². The minimum Gasteiger partial charge on any atom is -0.486 e. The van der Waals surface area contributed by atoms with Crippen LogP contribution in [0, 0.1) is 6.92 Å². The predicted octanol–water partition coefficient (Wildman–Crippen LogP) is 2.88. The number of aliphatic hydroxyl groups excluding tert-OH is 1. The normalized spacial score (nSPS) is 18.4. The number of ether oxygens (including phenoxy) is 1. The van der Waals surface area contributed by atoms with E-state index in [2.05, 4.69) is 10.3 Å². The predicted molar refractivity (Wildman–Crippen MR) is 121 cm³/mol. The summed E-state index contributed by atoms with van der Waals surface area (Å²) >= 11 is 1.42. The van der Waals surface area contributed by atoms with Crippen LogP contribution in [0.5, 0.6) is 5.75 Å². The maximum atomic E-state index is 12.5. The molecule has 32 heavy (non-hydrogen) atoms. The number of aliphatic hydroxyl groups is 1. The number of carboxylic acid groups (broad SMARTS) is 1. The smallest absolute Gasteiger partial charge is 0.335 e. The third-order valence-corrected chi connectivity index (χ3v) is 6.02. The van der Waals surface area contributed by atoms with Gasteiger partial charge in [0, 0.05) is 23.5 Å². The van der Waals surface area contributed by atoms with Gasteiger partial charge in [-0.3, -0.25) is 9.69 Å². The molecule has 166 valence electrons. The second kappa shape index (κ2) is 9.47. The Bertz CT molecular complexity index is 1120. The summed E-state index contributed by atoms with van der Waals surface area (Å²) in [4.78, 5) is 31.0. The molecule has 4 rings (SSSR count). The molecule has 1 aliphatic rings. The van der Waals surface area contributed by atoms with Crippen LogP contribution in [0.1, 0.15) is 15.2 Å². The number of β-amino-alcohol motifs (C(OH)–C–C–N with tert-alkyl or cyclic N) is 1. The van der Waals surface area contributed by atoms with Crippen molar-refractivity contribution in [1.82, 2.24) is 9.88 Å². The van der Waals surface area contributed by atoms with Gasteiger partial charge in [-0.15, -0.1) is 11.3 Å². The number of hydrogen-bond acceptors (Lipinski definition) is 7. The summed E-state index contributed by atoms with van der Waals surface area (Å²) < 4.78 is 5.78. The molecule has 0 saturated carbocycles. The molecule has 8 nitrogen and oxygen atoms in total. The van der Waals surface area contributed by atoms with E-state index in [1.807, 2.05) is 37.3 Å². The molecular formula is C23H23N3O5S. The van der Waals surface area contributed by atoms with E-state index in [0.717, 1.165) is 16.1 Å². The van der Waals surface area contributed by atoms with Gasteiger partial charge in [0.1, 0.15) is 18.0 Å². The molecule has 0 aliphatic carbocycles. The van der Waals surface area contributed by atoms with Gasteiger partial charge in [0.05, 0.1) is 17.8 Å². The molecule has 0 bridgehead atoms. The molecule has 3 N–H and O–H groups in total. The van der Waals surface area contributed by atoms with E-state index in [0.29, 0.717) is 17.4 Å². The van der Waals surface area contributed by atoms with E-state index < -0.39 is 18.2 Å². The van der Waals surface area contributed by atoms with Gasteiger partial charge in [0.25, 0.3) is 0 Å². The zero-order valence-electron chi connectivity index (χ0n) is 17.4. The molecule has 0 unspecified atom stereocenters. The third kappa shape index (κ3) is 5.13. The Morgan fingerprint density at radius 3 is 2.72 bits per heavy atom. The number of aromatic nitrogens is 1. The molecule has 2 heterocycles. The molecule has 9 heteroatoms. The Labute approximate surface area is 189 Å². The van der Waals surface area contributed by atoms with Crippen molar-refractivity contribution in [1.29, 1.82) is 0 Å². The SMILES string of the molecule is Cc1sc(NC(=O)CN2C[C@@H](O)[C@H](Oc3cccc(C(=O)O)c3)C2)nc1-c1ccccc1. The van der Waals surface area contributed by atoms with Crippen LogP contribution in [0.2, 0.25) is 0 Å². The third-order valence-electron chi connectivity index (χ3n) is 5.14. The Morgan fingerprint density at radius 1 is 1.19 bits per heavy atom. The van der Waals surface area contributed by atoms with Crippen molar-refractivity contribution >= 4 is 28.3 Å². The van der Waals surface area contributed by atoms with Gasteiger partial charge in [-0.05, 0) is 25.1 Å².